The van der Waals surface area contributed by atoms with E-state index in [4.69, 9.17) is 0 Å². The molecule has 0 bridgehead atoms. The van der Waals surface area contributed by atoms with E-state index < -0.39 is 39.1 Å². The quantitative estimate of drug-likeness (QED) is 0.802. The first kappa shape index (κ1) is 19.9. The van der Waals surface area contributed by atoms with Crippen molar-refractivity contribution in [1.29, 1.82) is 0 Å². The summed E-state index contributed by atoms with van der Waals surface area (Å²) in [6.45, 7) is 1.14. The highest BCUT2D eigenvalue weighted by Gasteiger charge is 2.31. The standard InChI is InChI=1S/C17H17F3N2O3S/c1-12(13-6-3-2-4-7-13)22-16(23)11-21-26(24,25)15-9-5-8-14(10-15)17(18,19)20/h2-10,12,21H,11H2,1H3,(H,22,23)/t12-/m1/s1. The second-order valence-corrected chi connectivity index (χ2v) is 7.32. The van der Waals surface area contributed by atoms with Crippen molar-refractivity contribution in [2.75, 3.05) is 6.54 Å². The van der Waals surface area contributed by atoms with Gasteiger partial charge in [0.2, 0.25) is 15.9 Å². The Hall–Kier alpha value is -2.39. The third kappa shape index (κ3) is 5.30. The first-order valence-corrected chi connectivity index (χ1v) is 9.09. The molecule has 2 aromatic carbocycles. The van der Waals surface area contributed by atoms with E-state index in [1.165, 1.54) is 0 Å². The maximum absolute atomic E-state index is 12.7. The third-order valence-electron chi connectivity index (χ3n) is 3.57. The van der Waals surface area contributed by atoms with E-state index in [1.54, 1.807) is 31.2 Å². The van der Waals surface area contributed by atoms with Crippen LogP contribution in [0.15, 0.2) is 59.5 Å². The van der Waals surface area contributed by atoms with Gasteiger partial charge in [0.05, 0.1) is 23.0 Å². The van der Waals surface area contributed by atoms with E-state index in [0.29, 0.717) is 6.07 Å². The fourth-order valence-electron chi connectivity index (χ4n) is 2.20. The molecule has 5 nitrogen and oxygen atoms in total. The molecule has 0 fully saturated rings. The predicted octanol–water partition coefficient (Wildman–Crippen LogP) is 2.86. The molecular formula is C17H17F3N2O3S. The van der Waals surface area contributed by atoms with Crippen molar-refractivity contribution in [3.8, 4) is 0 Å². The lowest BCUT2D eigenvalue weighted by Crippen LogP contribution is -2.38. The molecule has 0 unspecified atom stereocenters. The largest absolute Gasteiger partial charge is 0.416 e. The third-order valence-corrected chi connectivity index (χ3v) is 4.97. The average molecular weight is 386 g/mol. The van der Waals surface area contributed by atoms with Crippen molar-refractivity contribution >= 4 is 15.9 Å². The van der Waals surface area contributed by atoms with Crippen LogP contribution in [-0.2, 0) is 21.0 Å². The molecule has 26 heavy (non-hydrogen) atoms. The Morgan fingerprint density at radius 1 is 1.08 bits per heavy atom. The summed E-state index contributed by atoms with van der Waals surface area (Å²) in [5, 5.41) is 2.61. The monoisotopic (exact) mass is 386 g/mol. The number of alkyl halides is 3. The first-order valence-electron chi connectivity index (χ1n) is 7.61. The summed E-state index contributed by atoms with van der Waals surface area (Å²) in [5.74, 6) is -0.600. The summed E-state index contributed by atoms with van der Waals surface area (Å²) in [6, 6.07) is 12.0. The molecule has 2 aromatic rings. The molecule has 0 saturated carbocycles. The van der Waals surface area contributed by atoms with Gasteiger partial charge in [-0.1, -0.05) is 36.4 Å². The summed E-state index contributed by atoms with van der Waals surface area (Å²) < 4.78 is 64.3. The predicted molar refractivity (Wildman–Crippen MR) is 89.6 cm³/mol. The minimum Gasteiger partial charge on any atom is -0.348 e. The fourth-order valence-corrected chi connectivity index (χ4v) is 3.23. The number of rotatable bonds is 6. The summed E-state index contributed by atoms with van der Waals surface area (Å²) in [4.78, 5) is 11.4. The summed E-state index contributed by atoms with van der Waals surface area (Å²) in [6.07, 6.45) is -4.66. The number of carbonyl (C=O) groups is 1. The number of halogens is 3. The van der Waals surface area contributed by atoms with Crippen LogP contribution in [-0.4, -0.2) is 20.9 Å². The fraction of sp³-hybridized carbons (Fsp3) is 0.235. The van der Waals surface area contributed by atoms with Gasteiger partial charge in [-0.3, -0.25) is 4.79 Å². The molecule has 0 spiro atoms. The lowest BCUT2D eigenvalue weighted by molar-refractivity contribution is -0.137. The molecule has 1 atom stereocenters. The van der Waals surface area contributed by atoms with Crippen LogP contribution < -0.4 is 10.0 Å². The van der Waals surface area contributed by atoms with Gasteiger partial charge in [0.25, 0.3) is 0 Å². The zero-order chi connectivity index (χ0) is 19.4. The number of hydrogen-bond donors (Lipinski definition) is 2. The van der Waals surface area contributed by atoms with Gasteiger partial charge in [0, 0.05) is 0 Å². The van der Waals surface area contributed by atoms with Gasteiger partial charge < -0.3 is 5.32 Å². The lowest BCUT2D eigenvalue weighted by Gasteiger charge is -2.15. The maximum atomic E-state index is 12.7. The number of amides is 1. The molecule has 9 heteroatoms. The van der Waals surface area contributed by atoms with E-state index in [2.05, 4.69) is 5.32 Å². The molecule has 2 N–H and O–H groups in total. The van der Waals surface area contributed by atoms with Gasteiger partial charge in [-0.05, 0) is 30.7 Å². The average Bonchev–Trinajstić information content (AvgIpc) is 2.60. The number of nitrogens with one attached hydrogen (secondary N) is 2. The van der Waals surface area contributed by atoms with Crippen LogP contribution >= 0.6 is 0 Å². The van der Waals surface area contributed by atoms with Crippen LogP contribution in [0.2, 0.25) is 0 Å². The van der Waals surface area contributed by atoms with Gasteiger partial charge in [0.1, 0.15) is 0 Å². The van der Waals surface area contributed by atoms with Crippen molar-refractivity contribution in [2.24, 2.45) is 0 Å². The van der Waals surface area contributed by atoms with Crippen molar-refractivity contribution in [1.82, 2.24) is 10.0 Å². The summed E-state index contributed by atoms with van der Waals surface area (Å²) in [5.41, 5.74) is -0.246. The molecule has 2 rings (SSSR count). The van der Waals surface area contributed by atoms with Crippen LogP contribution in [0.4, 0.5) is 13.2 Å². The Bertz CT molecular complexity index is 868. The first-order chi connectivity index (χ1) is 12.1. The SMILES string of the molecule is C[C@@H](NC(=O)CNS(=O)(=O)c1cccc(C(F)(F)F)c1)c1ccccc1. The second-order valence-electron chi connectivity index (χ2n) is 5.55. The van der Waals surface area contributed by atoms with Crippen LogP contribution in [0.5, 0.6) is 0 Å². The van der Waals surface area contributed by atoms with Crippen LogP contribution in [0, 0.1) is 0 Å². The van der Waals surface area contributed by atoms with E-state index in [0.717, 1.165) is 23.8 Å². The Kier molecular flexibility index (Phi) is 6.04. The van der Waals surface area contributed by atoms with Crippen molar-refractivity contribution in [3.05, 3.63) is 65.7 Å². The minimum absolute atomic E-state index is 0.346. The van der Waals surface area contributed by atoms with E-state index >= 15 is 0 Å². The van der Waals surface area contributed by atoms with E-state index in [-0.39, 0.29) is 6.04 Å². The number of carbonyl (C=O) groups excluding carboxylic acids is 1. The van der Waals surface area contributed by atoms with Gasteiger partial charge in [-0.25, -0.2) is 13.1 Å². The molecule has 140 valence electrons. The summed E-state index contributed by atoms with van der Waals surface area (Å²) in [7, 11) is -4.25. The molecular weight excluding hydrogens is 369 g/mol. The van der Waals surface area contributed by atoms with E-state index in [9.17, 15) is 26.4 Å². The van der Waals surface area contributed by atoms with Crippen LogP contribution in [0.1, 0.15) is 24.1 Å². The zero-order valence-electron chi connectivity index (χ0n) is 13.7. The number of benzene rings is 2. The molecule has 1 amide bonds. The van der Waals surface area contributed by atoms with Crippen LogP contribution in [0.25, 0.3) is 0 Å². The van der Waals surface area contributed by atoms with Gasteiger partial charge >= 0.3 is 6.18 Å². The highest BCUT2D eigenvalue weighted by atomic mass is 32.2. The van der Waals surface area contributed by atoms with Gasteiger partial charge in [0.15, 0.2) is 0 Å². The Balaban J connectivity index is 2.01. The number of sulfonamides is 1. The molecule has 0 aromatic heterocycles. The van der Waals surface area contributed by atoms with Crippen molar-refractivity contribution in [2.45, 2.75) is 24.0 Å². The topological polar surface area (TPSA) is 75.3 Å². The molecule has 0 saturated heterocycles. The van der Waals surface area contributed by atoms with Crippen LogP contribution in [0.3, 0.4) is 0 Å². The van der Waals surface area contributed by atoms with Gasteiger partial charge in [-0.2, -0.15) is 13.2 Å². The number of hydrogen-bond acceptors (Lipinski definition) is 3. The van der Waals surface area contributed by atoms with E-state index in [1.807, 2.05) is 10.8 Å². The van der Waals surface area contributed by atoms with Crippen molar-refractivity contribution < 1.29 is 26.4 Å². The maximum Gasteiger partial charge on any atom is 0.416 e. The Labute approximate surface area is 149 Å². The molecule has 0 aliphatic rings. The summed E-state index contributed by atoms with van der Waals surface area (Å²) >= 11 is 0. The molecule has 0 aliphatic heterocycles. The highest BCUT2D eigenvalue weighted by molar-refractivity contribution is 7.89. The highest BCUT2D eigenvalue weighted by Crippen LogP contribution is 2.30. The smallest absolute Gasteiger partial charge is 0.348 e. The second kappa shape index (κ2) is 7.88. The Morgan fingerprint density at radius 3 is 2.35 bits per heavy atom. The minimum atomic E-state index is -4.66. The Morgan fingerprint density at radius 2 is 1.73 bits per heavy atom. The normalized spacial score (nSPS) is 13.2. The zero-order valence-corrected chi connectivity index (χ0v) is 14.6. The van der Waals surface area contributed by atoms with Gasteiger partial charge in [-0.15, -0.1) is 0 Å². The molecule has 0 aliphatic carbocycles. The molecule has 0 radical (unpaired) electrons. The van der Waals surface area contributed by atoms with Crippen molar-refractivity contribution in [3.63, 3.8) is 0 Å². The molecule has 0 heterocycles. The lowest BCUT2D eigenvalue weighted by atomic mass is 10.1.